The SMILES string of the molecule is CB1N(C(C)C)B(C)N(C(C)C)B(C)N(C(C)C)B(C)N1C(C)C. The van der Waals surface area contributed by atoms with Crippen LogP contribution in [0.2, 0.25) is 27.3 Å². The van der Waals surface area contributed by atoms with Gasteiger partial charge in [-0.25, -0.2) is 0 Å². The summed E-state index contributed by atoms with van der Waals surface area (Å²) in [5, 5.41) is 0. The zero-order valence-corrected chi connectivity index (χ0v) is 18.4. The Morgan fingerprint density at radius 2 is 0.500 bits per heavy atom. The van der Waals surface area contributed by atoms with Crippen LogP contribution in [0.4, 0.5) is 0 Å². The minimum absolute atomic E-state index is 0.407. The van der Waals surface area contributed by atoms with Crippen LogP contribution in [0, 0.1) is 0 Å². The third-order valence-corrected chi connectivity index (χ3v) is 5.84. The van der Waals surface area contributed by atoms with Gasteiger partial charge in [0.1, 0.15) is 0 Å². The molecule has 1 rings (SSSR count). The molecule has 1 saturated heterocycles. The molecule has 0 amide bonds. The van der Waals surface area contributed by atoms with E-state index >= 15 is 0 Å². The van der Waals surface area contributed by atoms with Crippen LogP contribution < -0.4 is 0 Å². The summed E-state index contributed by atoms with van der Waals surface area (Å²) in [6.07, 6.45) is 0. The van der Waals surface area contributed by atoms with Gasteiger partial charge in [0.15, 0.2) is 0 Å². The van der Waals surface area contributed by atoms with Crippen molar-refractivity contribution in [1.29, 1.82) is 0 Å². The molecule has 24 heavy (non-hydrogen) atoms. The first-order valence-corrected chi connectivity index (χ1v) is 10.0. The Labute approximate surface area is 154 Å². The van der Waals surface area contributed by atoms with E-state index in [-0.39, 0.29) is 0 Å². The molecular formula is C16H40B4N4. The first kappa shape index (κ1) is 22.1. The molecule has 0 aliphatic carbocycles. The van der Waals surface area contributed by atoms with Crippen molar-refractivity contribution in [3.05, 3.63) is 0 Å². The van der Waals surface area contributed by atoms with Crippen molar-refractivity contribution in [1.82, 2.24) is 18.9 Å². The first-order valence-electron chi connectivity index (χ1n) is 10.0. The van der Waals surface area contributed by atoms with Crippen molar-refractivity contribution in [2.45, 2.75) is 107 Å². The molecule has 0 aromatic heterocycles. The van der Waals surface area contributed by atoms with Gasteiger partial charge in [-0.05, 0) is 24.2 Å². The van der Waals surface area contributed by atoms with Gasteiger partial charge < -0.3 is 18.9 Å². The molecule has 0 radical (unpaired) electrons. The molecule has 1 fully saturated rings. The molecule has 8 heteroatoms. The highest BCUT2D eigenvalue weighted by Crippen LogP contribution is 2.25. The van der Waals surface area contributed by atoms with Crippen molar-refractivity contribution >= 4 is 27.9 Å². The van der Waals surface area contributed by atoms with Gasteiger partial charge in [0.2, 0.25) is 0 Å². The molecule has 0 bridgehead atoms. The maximum atomic E-state index is 2.69. The largest absolute Gasteiger partial charge is 0.355 e. The van der Waals surface area contributed by atoms with Gasteiger partial charge in [-0.2, -0.15) is 0 Å². The smallest absolute Gasteiger partial charge is 0.287 e. The fourth-order valence-corrected chi connectivity index (χ4v) is 5.32. The summed E-state index contributed by atoms with van der Waals surface area (Å²) < 4.78 is 10.7. The molecule has 0 unspecified atom stereocenters. The Kier molecular flexibility index (Phi) is 7.99. The average molecular weight is 332 g/mol. The summed E-state index contributed by atoms with van der Waals surface area (Å²) in [6.45, 7) is 29.9. The van der Waals surface area contributed by atoms with Crippen LogP contribution in [0.3, 0.4) is 0 Å². The van der Waals surface area contributed by atoms with E-state index in [1.807, 2.05) is 0 Å². The molecule has 1 aliphatic rings. The van der Waals surface area contributed by atoms with E-state index in [1.54, 1.807) is 0 Å². The molecule has 0 atom stereocenters. The second-order valence-corrected chi connectivity index (χ2v) is 8.69. The Bertz CT molecular complexity index is 306. The standard InChI is InChI=1S/C16H40B4N4/c1-13(2)21-17(9)22(14(3)4)19(11)24(16(7)8)20(12)23(15(5)6)18(21)10/h13-16H,1-12H3. The van der Waals surface area contributed by atoms with Crippen LogP contribution in [0.25, 0.3) is 0 Å². The Morgan fingerprint density at radius 3 is 0.583 bits per heavy atom. The molecule has 136 valence electrons. The van der Waals surface area contributed by atoms with Crippen molar-refractivity contribution in [3.63, 3.8) is 0 Å². The van der Waals surface area contributed by atoms with E-state index < -0.39 is 0 Å². The molecule has 0 saturated carbocycles. The van der Waals surface area contributed by atoms with Crippen molar-refractivity contribution in [2.75, 3.05) is 0 Å². The minimum atomic E-state index is 0.407. The zero-order chi connectivity index (χ0) is 18.9. The van der Waals surface area contributed by atoms with Crippen LogP contribution in [-0.4, -0.2) is 71.0 Å². The predicted octanol–water partition coefficient (Wildman–Crippen LogP) is 3.31. The highest BCUT2D eigenvalue weighted by molar-refractivity contribution is 6.85. The summed E-state index contributed by atoms with van der Waals surface area (Å²) in [6, 6.07) is 2.06. The molecule has 1 heterocycles. The normalized spacial score (nSPS) is 21.0. The van der Waals surface area contributed by atoms with Crippen LogP contribution in [0.1, 0.15) is 55.4 Å². The summed E-state index contributed by atoms with van der Waals surface area (Å²) >= 11 is 0. The van der Waals surface area contributed by atoms with E-state index in [4.69, 9.17) is 0 Å². The van der Waals surface area contributed by atoms with Gasteiger partial charge in [-0.3, -0.25) is 0 Å². The van der Waals surface area contributed by atoms with Crippen molar-refractivity contribution in [3.8, 4) is 0 Å². The lowest BCUT2D eigenvalue weighted by Crippen LogP contribution is -2.78. The molecule has 0 aromatic carbocycles. The fraction of sp³-hybridized carbons (Fsp3) is 1.00. The topological polar surface area (TPSA) is 13.0 Å². The average Bonchev–Trinajstić information content (AvgIpc) is 2.35. The highest BCUT2D eigenvalue weighted by Gasteiger charge is 2.49. The van der Waals surface area contributed by atoms with Crippen LogP contribution in [0.15, 0.2) is 0 Å². The molecular weight excluding hydrogens is 291 g/mol. The van der Waals surface area contributed by atoms with E-state index in [2.05, 4.69) is 102 Å². The fourth-order valence-electron chi connectivity index (χ4n) is 5.32. The van der Waals surface area contributed by atoms with Crippen molar-refractivity contribution < 1.29 is 0 Å². The van der Waals surface area contributed by atoms with Gasteiger partial charge in [-0.1, -0.05) is 82.7 Å². The molecule has 0 spiro atoms. The van der Waals surface area contributed by atoms with E-state index in [9.17, 15) is 0 Å². The number of rotatable bonds is 4. The zero-order valence-electron chi connectivity index (χ0n) is 18.4. The summed E-state index contributed by atoms with van der Waals surface area (Å²) in [4.78, 5) is 0. The molecule has 1 aliphatic heterocycles. The van der Waals surface area contributed by atoms with Gasteiger partial charge in [0, 0.05) is 0 Å². The second kappa shape index (κ2) is 8.66. The van der Waals surface area contributed by atoms with Crippen molar-refractivity contribution in [2.24, 2.45) is 0 Å². The van der Waals surface area contributed by atoms with E-state index in [1.165, 1.54) is 0 Å². The number of nitrogens with zero attached hydrogens (tertiary/aromatic N) is 4. The lowest BCUT2D eigenvalue weighted by Gasteiger charge is -2.56. The maximum absolute atomic E-state index is 2.69. The van der Waals surface area contributed by atoms with Gasteiger partial charge >= 0.3 is 0 Å². The Hall–Kier alpha value is 0.0997. The third-order valence-electron chi connectivity index (χ3n) is 5.84. The quantitative estimate of drug-likeness (QED) is 0.733. The van der Waals surface area contributed by atoms with Crippen LogP contribution >= 0.6 is 0 Å². The molecule has 0 aromatic rings. The predicted molar refractivity (Wildman–Crippen MR) is 114 cm³/mol. The van der Waals surface area contributed by atoms with Crippen LogP contribution in [-0.2, 0) is 0 Å². The summed E-state index contributed by atoms with van der Waals surface area (Å²) in [7, 11) is 0. The highest BCUT2D eigenvalue weighted by atomic mass is 15.3. The molecule has 0 N–H and O–H groups in total. The number of hydrogen-bond acceptors (Lipinski definition) is 4. The Balaban J connectivity index is 3.47. The molecule has 4 nitrogen and oxygen atoms in total. The van der Waals surface area contributed by atoms with Gasteiger partial charge in [-0.15, -0.1) is 0 Å². The lowest BCUT2D eigenvalue weighted by molar-refractivity contribution is 0.350. The monoisotopic (exact) mass is 332 g/mol. The van der Waals surface area contributed by atoms with Crippen LogP contribution in [0.5, 0.6) is 0 Å². The number of hydrogen-bond donors (Lipinski definition) is 0. The minimum Gasteiger partial charge on any atom is -0.355 e. The first-order chi connectivity index (χ1) is 10.9. The Morgan fingerprint density at radius 1 is 0.375 bits per heavy atom. The second-order valence-electron chi connectivity index (χ2n) is 8.69. The van der Waals surface area contributed by atoms with E-state index in [0.717, 1.165) is 0 Å². The van der Waals surface area contributed by atoms with Gasteiger partial charge in [0.25, 0.3) is 27.9 Å². The van der Waals surface area contributed by atoms with Gasteiger partial charge in [0.05, 0.1) is 0 Å². The third kappa shape index (κ3) is 4.25. The summed E-state index contributed by atoms with van der Waals surface area (Å²) in [5.74, 6) is 0. The maximum Gasteiger partial charge on any atom is 0.287 e. The lowest BCUT2D eigenvalue weighted by atomic mass is 9.43. The van der Waals surface area contributed by atoms with E-state index in [0.29, 0.717) is 52.1 Å². The summed E-state index contributed by atoms with van der Waals surface area (Å²) in [5.41, 5.74) is 0.